The molecule has 0 aromatic rings. The summed E-state index contributed by atoms with van der Waals surface area (Å²) in [5.41, 5.74) is -3.83. The molecule has 0 rings (SSSR count). The number of hydrogen-bond donors (Lipinski definition) is 5. The van der Waals surface area contributed by atoms with Gasteiger partial charge in [0.2, 0.25) is 0 Å². The zero-order valence-electron chi connectivity index (χ0n) is 5.62. The van der Waals surface area contributed by atoms with E-state index in [1.54, 1.807) is 0 Å². The first-order chi connectivity index (χ1) is 5.41. The predicted octanol–water partition coefficient (Wildman–Crippen LogP) is 0.359. The van der Waals surface area contributed by atoms with Gasteiger partial charge in [-0.15, -0.1) is 0 Å². The first kappa shape index (κ1) is 14.2. The second-order valence-electron chi connectivity index (χ2n) is 1.61. The van der Waals surface area contributed by atoms with Crippen molar-refractivity contribution in [1.29, 1.82) is 0 Å². The Morgan fingerprint density at radius 2 is 1.46 bits per heavy atom. The van der Waals surface area contributed by atoms with Crippen molar-refractivity contribution in [2.24, 2.45) is 0 Å². The van der Waals surface area contributed by atoms with Gasteiger partial charge in [-0.3, -0.25) is 0 Å². The lowest BCUT2D eigenvalue weighted by Gasteiger charge is -2.14. The topological polar surface area (TPSA) is 134 Å². The minimum atomic E-state index is -5.18. The van der Waals surface area contributed by atoms with Crippen LogP contribution in [0.5, 0.6) is 0 Å². The molecule has 0 saturated carbocycles. The highest BCUT2D eigenvalue weighted by Gasteiger charge is 2.36. The zero-order valence-corrected chi connectivity index (χ0v) is 10.0. The van der Waals surface area contributed by atoms with Crippen molar-refractivity contribution in [3.8, 4) is 0 Å². The van der Waals surface area contributed by atoms with Crippen molar-refractivity contribution in [3.63, 3.8) is 0 Å². The molecule has 0 amide bonds. The summed E-state index contributed by atoms with van der Waals surface area (Å²) in [6.45, 7) is 0. The van der Waals surface area contributed by atoms with Gasteiger partial charge >= 0.3 is 15.6 Å². The highest BCUT2D eigenvalue weighted by Crippen LogP contribution is 2.67. The van der Waals surface area contributed by atoms with Gasteiger partial charge in [0.05, 0.1) is 0 Å². The molecular formula is H5O8P3S2. The second-order valence-corrected chi connectivity index (χ2v) is 9.74. The van der Waals surface area contributed by atoms with Gasteiger partial charge in [-0.1, -0.05) is 12.2 Å². The zero-order chi connectivity index (χ0) is 10.9. The number of phosphoric acid groups is 2. The summed E-state index contributed by atoms with van der Waals surface area (Å²) in [7, 11) is -10.3. The maximum Gasteiger partial charge on any atom is 0.487 e. The van der Waals surface area contributed by atoms with Crippen molar-refractivity contribution in [1.82, 2.24) is 0 Å². The number of thiol groups is 1. The quantitative estimate of drug-likeness (QED) is 0.367. The fourth-order valence-electron chi connectivity index (χ4n) is 0.284. The van der Waals surface area contributed by atoms with E-state index in [0.29, 0.717) is 0 Å². The van der Waals surface area contributed by atoms with Crippen molar-refractivity contribution in [2.45, 2.75) is 0 Å². The third-order valence-corrected chi connectivity index (χ3v) is 5.03. The molecule has 0 fully saturated rings. The Morgan fingerprint density at radius 3 is 1.69 bits per heavy atom. The predicted molar refractivity (Wildman–Crippen MR) is 49.5 cm³/mol. The van der Waals surface area contributed by atoms with E-state index in [2.05, 4.69) is 32.7 Å². The van der Waals surface area contributed by atoms with Crippen LogP contribution < -0.4 is 0 Å². The third-order valence-electron chi connectivity index (χ3n) is 0.419. The Kier molecular flexibility index (Phi) is 4.80. The van der Waals surface area contributed by atoms with Gasteiger partial charge in [0, 0.05) is 0 Å². The Bertz CT molecular complexity index is 279. The molecule has 0 saturated heterocycles. The molecule has 13 heavy (non-hydrogen) atoms. The Labute approximate surface area is 83.1 Å². The fourth-order valence-corrected chi connectivity index (χ4v) is 4.41. The molecule has 0 aliphatic carbocycles. The van der Waals surface area contributed by atoms with Crippen LogP contribution in [0.1, 0.15) is 0 Å². The lowest BCUT2D eigenvalue weighted by molar-refractivity contribution is 0.231. The van der Waals surface area contributed by atoms with Crippen LogP contribution in [0.2, 0.25) is 0 Å². The molecule has 0 heterocycles. The van der Waals surface area contributed by atoms with Crippen LogP contribution in [0.3, 0.4) is 0 Å². The van der Waals surface area contributed by atoms with E-state index in [0.717, 1.165) is 0 Å². The maximum absolute atomic E-state index is 10.6. The standard InChI is InChI=1S/H5O8P3S2/c1-9(2,3)7-10(4,5)8-11(6,12)13/h(H,4,5)(H2,1,2,3)(H2,6,12,13). The molecule has 0 aromatic carbocycles. The average Bonchev–Trinajstić information content (AvgIpc) is 1.43. The van der Waals surface area contributed by atoms with E-state index in [-0.39, 0.29) is 0 Å². The van der Waals surface area contributed by atoms with E-state index in [4.69, 9.17) is 19.6 Å². The summed E-state index contributed by atoms with van der Waals surface area (Å²) in [6, 6.07) is 0. The lowest BCUT2D eigenvalue weighted by atomic mass is 15.7. The summed E-state index contributed by atoms with van der Waals surface area (Å²) >= 11 is 7.26. The summed E-state index contributed by atoms with van der Waals surface area (Å²) in [6.07, 6.45) is 0. The smallest absolute Gasteiger partial charge is 0.337 e. The van der Waals surface area contributed by atoms with Crippen LogP contribution in [0.25, 0.3) is 0 Å². The van der Waals surface area contributed by atoms with Gasteiger partial charge in [0.25, 0.3) is 5.69 Å². The molecule has 0 aliphatic heterocycles. The Morgan fingerprint density at radius 1 is 1.08 bits per heavy atom. The Hall–Kier alpha value is 1.22. The van der Waals surface area contributed by atoms with Crippen molar-refractivity contribution < 1.29 is 37.3 Å². The van der Waals surface area contributed by atoms with Crippen molar-refractivity contribution >= 4 is 45.4 Å². The van der Waals surface area contributed by atoms with Crippen LogP contribution in [0.15, 0.2) is 0 Å². The van der Waals surface area contributed by atoms with Crippen LogP contribution in [-0.4, -0.2) is 19.6 Å². The van der Waals surface area contributed by atoms with E-state index in [1.807, 2.05) is 0 Å². The molecule has 0 bridgehead atoms. The first-order valence-corrected chi connectivity index (χ1v) is 9.13. The maximum atomic E-state index is 10.6. The van der Waals surface area contributed by atoms with Crippen LogP contribution >= 0.6 is 33.6 Å². The summed E-state index contributed by atoms with van der Waals surface area (Å²) in [5.74, 6) is 0. The van der Waals surface area contributed by atoms with Gasteiger partial charge in [0.1, 0.15) is 0 Å². The molecule has 0 spiro atoms. The van der Waals surface area contributed by atoms with Gasteiger partial charge in [-0.2, -0.15) is 4.31 Å². The Balaban J connectivity index is 4.54. The van der Waals surface area contributed by atoms with Gasteiger partial charge < -0.3 is 19.6 Å². The van der Waals surface area contributed by atoms with Crippen LogP contribution in [0.4, 0.5) is 0 Å². The van der Waals surface area contributed by atoms with Crippen molar-refractivity contribution in [2.75, 3.05) is 0 Å². The molecule has 2 unspecified atom stereocenters. The van der Waals surface area contributed by atoms with E-state index < -0.39 is 21.3 Å². The molecule has 13 heteroatoms. The normalized spacial score (nSPS) is 21.9. The first-order valence-electron chi connectivity index (χ1n) is 2.28. The van der Waals surface area contributed by atoms with Gasteiger partial charge in [0.15, 0.2) is 0 Å². The fraction of sp³-hybridized carbons (Fsp3) is 0. The molecule has 0 aromatic heterocycles. The summed E-state index contributed by atoms with van der Waals surface area (Å²) < 4.78 is 27.7. The number of hydrogen-bond acceptors (Lipinski definition) is 5. The highest BCUT2D eigenvalue weighted by molar-refractivity contribution is 8.60. The van der Waals surface area contributed by atoms with Crippen LogP contribution in [0, 0.1) is 0 Å². The molecular weight excluding hydrogens is 285 g/mol. The van der Waals surface area contributed by atoms with E-state index in [9.17, 15) is 9.13 Å². The average molecular weight is 290 g/mol. The molecule has 0 radical (unpaired) electrons. The summed E-state index contributed by atoms with van der Waals surface area (Å²) in [5, 5.41) is 0. The van der Waals surface area contributed by atoms with E-state index in [1.165, 1.54) is 0 Å². The second kappa shape index (κ2) is 4.38. The largest absolute Gasteiger partial charge is 0.487 e. The van der Waals surface area contributed by atoms with E-state index >= 15 is 0 Å². The minimum Gasteiger partial charge on any atom is -0.337 e. The van der Waals surface area contributed by atoms with Crippen LogP contribution in [-0.2, 0) is 29.6 Å². The number of rotatable bonds is 4. The lowest BCUT2D eigenvalue weighted by Crippen LogP contribution is -1.89. The molecule has 0 aliphatic rings. The SMILES string of the molecule is O=P(O)(O)OP(=O)(O)OP(O)(=S)S. The minimum absolute atomic E-state index is 3.19. The molecule has 4 N–H and O–H groups in total. The van der Waals surface area contributed by atoms with Crippen molar-refractivity contribution in [3.05, 3.63) is 0 Å². The molecule has 2 atom stereocenters. The van der Waals surface area contributed by atoms with Gasteiger partial charge in [-0.25, -0.2) is 13.4 Å². The highest BCUT2D eigenvalue weighted by atomic mass is 32.9. The van der Waals surface area contributed by atoms with Gasteiger partial charge in [-0.05, 0) is 11.8 Å². The third kappa shape index (κ3) is 9.52. The molecule has 80 valence electrons. The molecule has 8 nitrogen and oxygen atoms in total. The monoisotopic (exact) mass is 290 g/mol. The summed E-state index contributed by atoms with van der Waals surface area (Å²) in [4.78, 5) is 33.4.